The molecular formula is C48H27N3O. The van der Waals surface area contributed by atoms with E-state index >= 15 is 0 Å². The highest BCUT2D eigenvalue weighted by atomic mass is 16.5. The molecule has 0 N–H and O–H groups in total. The molecule has 0 radical (unpaired) electrons. The Kier molecular flexibility index (Phi) is 5.47. The number of aromatic nitrogens is 3. The van der Waals surface area contributed by atoms with Gasteiger partial charge in [-0.05, 0) is 80.8 Å². The maximum Gasteiger partial charge on any atom is 0.160 e. The summed E-state index contributed by atoms with van der Waals surface area (Å²) >= 11 is 0. The molecule has 3 heterocycles. The minimum atomic E-state index is 0.692. The summed E-state index contributed by atoms with van der Waals surface area (Å²) in [5.74, 6) is 2.29. The molecule has 9 aromatic carbocycles. The summed E-state index contributed by atoms with van der Waals surface area (Å²) in [6, 6.07) is 58.4. The molecule has 0 bridgehead atoms. The lowest BCUT2D eigenvalue weighted by Gasteiger charge is -2.20. The fraction of sp³-hybridized carbons (Fsp3) is 0. The van der Waals surface area contributed by atoms with E-state index in [1.54, 1.807) is 0 Å². The van der Waals surface area contributed by atoms with Crippen LogP contribution in [0.4, 0.5) is 0 Å². The van der Waals surface area contributed by atoms with E-state index in [0.29, 0.717) is 5.82 Å². The average molecular weight is 662 g/mol. The van der Waals surface area contributed by atoms with Crippen LogP contribution >= 0.6 is 0 Å². The number of ether oxygens (including phenoxy) is 1. The molecule has 0 amide bonds. The zero-order chi connectivity index (χ0) is 33.9. The smallest absolute Gasteiger partial charge is 0.160 e. The van der Waals surface area contributed by atoms with Crippen LogP contribution in [0, 0.1) is 0 Å². The van der Waals surface area contributed by atoms with E-state index in [0.717, 1.165) is 50.3 Å². The van der Waals surface area contributed by atoms with Gasteiger partial charge in [0, 0.05) is 38.4 Å². The maximum atomic E-state index is 6.31. The van der Waals surface area contributed by atoms with E-state index in [-0.39, 0.29) is 0 Å². The minimum absolute atomic E-state index is 0.692. The van der Waals surface area contributed by atoms with Gasteiger partial charge in [0.1, 0.15) is 11.5 Å². The highest BCUT2D eigenvalue weighted by Crippen LogP contribution is 2.49. The van der Waals surface area contributed by atoms with Gasteiger partial charge in [0.25, 0.3) is 0 Å². The lowest BCUT2D eigenvalue weighted by molar-refractivity contribution is 0.486. The maximum absolute atomic E-state index is 6.31. The van der Waals surface area contributed by atoms with E-state index < -0.39 is 0 Å². The topological polar surface area (TPSA) is 39.9 Å². The molecule has 52 heavy (non-hydrogen) atoms. The second kappa shape index (κ2) is 10.3. The van der Waals surface area contributed by atoms with Crippen LogP contribution < -0.4 is 4.74 Å². The van der Waals surface area contributed by atoms with Crippen LogP contribution in [0.2, 0.25) is 0 Å². The van der Waals surface area contributed by atoms with Gasteiger partial charge >= 0.3 is 0 Å². The number of rotatable bonds is 2. The molecule has 240 valence electrons. The molecule has 0 saturated carbocycles. The molecule has 1 aliphatic heterocycles. The van der Waals surface area contributed by atoms with Crippen molar-refractivity contribution in [2.45, 2.75) is 0 Å². The van der Waals surface area contributed by atoms with E-state index in [1.807, 2.05) is 30.3 Å². The number of fused-ring (bicyclic) bond motifs is 15. The van der Waals surface area contributed by atoms with Crippen LogP contribution in [0.3, 0.4) is 0 Å². The largest absolute Gasteiger partial charge is 0.456 e. The van der Waals surface area contributed by atoms with Crippen molar-refractivity contribution in [3.8, 4) is 39.8 Å². The van der Waals surface area contributed by atoms with Crippen LogP contribution in [0.25, 0.3) is 104 Å². The number of hydrogen-bond donors (Lipinski definition) is 0. The zero-order valence-electron chi connectivity index (χ0n) is 27.8. The molecule has 1 aliphatic rings. The Morgan fingerprint density at radius 3 is 1.90 bits per heavy atom. The zero-order valence-corrected chi connectivity index (χ0v) is 27.8. The lowest BCUT2D eigenvalue weighted by Crippen LogP contribution is -2.02. The molecule has 0 spiro atoms. The lowest BCUT2D eigenvalue weighted by atomic mass is 9.88. The van der Waals surface area contributed by atoms with E-state index in [1.165, 1.54) is 59.5 Å². The van der Waals surface area contributed by atoms with Crippen molar-refractivity contribution in [1.82, 2.24) is 14.5 Å². The third-order valence-corrected chi connectivity index (χ3v) is 10.9. The number of nitrogens with zero attached hydrogens (tertiary/aromatic N) is 3. The van der Waals surface area contributed by atoms with Crippen molar-refractivity contribution in [3.63, 3.8) is 0 Å². The van der Waals surface area contributed by atoms with Gasteiger partial charge in [-0.1, -0.05) is 115 Å². The van der Waals surface area contributed by atoms with Crippen molar-refractivity contribution in [2.75, 3.05) is 0 Å². The Morgan fingerprint density at radius 1 is 0.423 bits per heavy atom. The predicted molar refractivity (Wildman–Crippen MR) is 215 cm³/mol. The first kappa shape index (κ1) is 27.7. The molecule has 4 heteroatoms. The Hall–Kier alpha value is -7.04. The Bertz CT molecular complexity index is 3330. The number of benzene rings is 9. The molecular weight excluding hydrogens is 635 g/mol. The molecule has 0 saturated heterocycles. The monoisotopic (exact) mass is 661 g/mol. The van der Waals surface area contributed by atoms with Crippen LogP contribution in [-0.2, 0) is 0 Å². The van der Waals surface area contributed by atoms with Crippen LogP contribution in [-0.4, -0.2) is 14.5 Å². The highest BCUT2D eigenvalue weighted by Gasteiger charge is 2.25. The molecule has 0 unspecified atom stereocenters. The quantitative estimate of drug-likeness (QED) is 0.173. The summed E-state index contributed by atoms with van der Waals surface area (Å²) < 4.78 is 8.76. The van der Waals surface area contributed by atoms with Crippen molar-refractivity contribution in [3.05, 3.63) is 164 Å². The average Bonchev–Trinajstić information content (AvgIpc) is 3.56. The standard InChI is InChI=1S/C48H27N3O/c1-2-13-29(14-3-1)51-39-22-10-8-19-35(39)44-43-33-18-7-5-16-31(33)30-15-4-6-17-32(30)42(43)34-26-25-28(27-37(34)47(44)51)48-49-38-21-12-24-41-45(38)46(50-48)36-20-9-11-23-40(36)52-41/h1-27H. The van der Waals surface area contributed by atoms with Gasteiger partial charge in [-0.2, -0.15) is 0 Å². The second-order valence-corrected chi connectivity index (χ2v) is 13.7. The summed E-state index contributed by atoms with van der Waals surface area (Å²) in [5, 5.41) is 13.4. The summed E-state index contributed by atoms with van der Waals surface area (Å²) in [4.78, 5) is 10.5. The normalized spacial score (nSPS) is 12.4. The summed E-state index contributed by atoms with van der Waals surface area (Å²) in [5.41, 5.74) is 7.20. The molecule has 0 aliphatic carbocycles. The molecule has 11 aromatic rings. The first-order chi connectivity index (χ1) is 25.8. The van der Waals surface area contributed by atoms with Crippen molar-refractivity contribution >= 4 is 75.8 Å². The Labute approximate surface area is 297 Å². The fourth-order valence-electron chi connectivity index (χ4n) is 8.80. The number of para-hydroxylation sites is 3. The van der Waals surface area contributed by atoms with Gasteiger partial charge in [0.2, 0.25) is 0 Å². The molecule has 0 fully saturated rings. The van der Waals surface area contributed by atoms with Crippen molar-refractivity contribution in [2.24, 2.45) is 0 Å². The van der Waals surface area contributed by atoms with Gasteiger partial charge in [0.15, 0.2) is 5.82 Å². The third kappa shape index (κ3) is 3.65. The fourth-order valence-corrected chi connectivity index (χ4v) is 8.80. The SMILES string of the molecule is c1ccc(-n2c3ccccc3c3c4c5ccccc5c5ccccc5c4c4ccc(-c5nc6c7c(cccc7n5)Oc5ccccc5-6)cc4c32)cc1. The van der Waals surface area contributed by atoms with Gasteiger partial charge in [-0.25, -0.2) is 9.97 Å². The van der Waals surface area contributed by atoms with Crippen LogP contribution in [0.1, 0.15) is 0 Å². The third-order valence-electron chi connectivity index (χ3n) is 10.9. The Morgan fingerprint density at radius 2 is 1.08 bits per heavy atom. The second-order valence-electron chi connectivity index (χ2n) is 13.7. The van der Waals surface area contributed by atoms with Gasteiger partial charge in [0.05, 0.1) is 27.6 Å². The first-order valence-electron chi connectivity index (χ1n) is 17.7. The van der Waals surface area contributed by atoms with Crippen molar-refractivity contribution in [1.29, 1.82) is 0 Å². The molecule has 2 aromatic heterocycles. The van der Waals surface area contributed by atoms with E-state index in [9.17, 15) is 0 Å². The minimum Gasteiger partial charge on any atom is -0.456 e. The van der Waals surface area contributed by atoms with Crippen molar-refractivity contribution < 1.29 is 4.74 Å². The molecule has 12 rings (SSSR count). The highest BCUT2D eigenvalue weighted by molar-refractivity contribution is 6.42. The summed E-state index contributed by atoms with van der Waals surface area (Å²) in [7, 11) is 0. The van der Waals surface area contributed by atoms with Gasteiger partial charge in [-0.3, -0.25) is 0 Å². The Balaban J connectivity index is 1.29. The molecule has 4 nitrogen and oxygen atoms in total. The predicted octanol–water partition coefficient (Wildman–Crippen LogP) is 12.8. The van der Waals surface area contributed by atoms with Gasteiger partial charge < -0.3 is 9.30 Å². The summed E-state index contributed by atoms with van der Waals surface area (Å²) in [6.45, 7) is 0. The number of hydrogen-bond acceptors (Lipinski definition) is 3. The van der Waals surface area contributed by atoms with Crippen LogP contribution in [0.15, 0.2) is 164 Å². The summed E-state index contributed by atoms with van der Waals surface area (Å²) in [6.07, 6.45) is 0. The van der Waals surface area contributed by atoms with Gasteiger partial charge in [-0.15, -0.1) is 0 Å². The molecule has 0 atom stereocenters. The first-order valence-corrected chi connectivity index (χ1v) is 17.7. The van der Waals surface area contributed by atoms with E-state index in [2.05, 4.69) is 138 Å². The van der Waals surface area contributed by atoms with Crippen LogP contribution in [0.5, 0.6) is 11.5 Å². The van der Waals surface area contributed by atoms with E-state index in [4.69, 9.17) is 14.7 Å².